The maximum Gasteiger partial charge on any atom is 0.422 e. The lowest BCUT2D eigenvalue weighted by molar-refractivity contribution is 0.184. The number of halogens is 1. The summed E-state index contributed by atoms with van der Waals surface area (Å²) in [6.45, 7) is 0.221. The molecule has 2 N–H and O–H groups in total. The van der Waals surface area contributed by atoms with E-state index in [0.717, 1.165) is 11.1 Å². The number of pyridine rings is 2. The van der Waals surface area contributed by atoms with Crippen LogP contribution in [0.1, 0.15) is 16.8 Å². The summed E-state index contributed by atoms with van der Waals surface area (Å²) in [4.78, 5) is 30.4. The Balaban J connectivity index is 1.46. The number of benzene rings is 1. The van der Waals surface area contributed by atoms with Crippen molar-refractivity contribution in [2.75, 3.05) is 4.90 Å². The molecule has 0 fully saturated rings. The molecule has 10 nitrogen and oxygen atoms in total. The van der Waals surface area contributed by atoms with Gasteiger partial charge in [-0.1, -0.05) is 35.5 Å². The number of nitrogens with zero attached hydrogens (tertiary/aromatic N) is 4. The second kappa shape index (κ2) is 9.77. The minimum atomic E-state index is -1.69. The Hall–Kier alpha value is -4.80. The van der Waals surface area contributed by atoms with Crippen LogP contribution in [0.4, 0.5) is 19.8 Å². The largest absolute Gasteiger partial charge is 0.473 e. The number of hydrogen-bond acceptors (Lipinski definition) is 7. The van der Waals surface area contributed by atoms with E-state index in [4.69, 9.17) is 9.26 Å². The maximum atomic E-state index is 13.1. The van der Waals surface area contributed by atoms with E-state index in [1.54, 1.807) is 12.1 Å². The van der Waals surface area contributed by atoms with Crippen LogP contribution in [-0.4, -0.2) is 37.5 Å². The minimum Gasteiger partial charge on any atom is -0.473 e. The number of rotatable bonds is 7. The number of imide groups is 1. The van der Waals surface area contributed by atoms with Crippen LogP contribution in [0.5, 0.6) is 5.88 Å². The zero-order chi connectivity index (χ0) is 24.1. The molecule has 1 aromatic carbocycles. The predicted octanol–water partition coefficient (Wildman–Crippen LogP) is 4.60. The standard InChI is InChI=1S/C23H17FN4O6/c24-19-4-1-5-20(26-19)33-13-15-8-6-14(7-9-15)11-16-12-18(34-27-16)17-3-2-10-25-21(17)28(22(29)30)23(31)32/h1-10,12H,11,13H2,(H,29,30)(H,31,32). The Morgan fingerprint density at radius 1 is 1.00 bits per heavy atom. The lowest BCUT2D eigenvalue weighted by Crippen LogP contribution is -2.35. The van der Waals surface area contributed by atoms with Crippen LogP contribution >= 0.6 is 0 Å². The second-order valence-electron chi connectivity index (χ2n) is 7.04. The molecule has 0 saturated heterocycles. The van der Waals surface area contributed by atoms with E-state index in [2.05, 4.69) is 15.1 Å². The monoisotopic (exact) mass is 464 g/mol. The molecule has 11 heteroatoms. The summed E-state index contributed by atoms with van der Waals surface area (Å²) in [5.74, 6) is -0.546. The molecule has 34 heavy (non-hydrogen) atoms. The van der Waals surface area contributed by atoms with E-state index >= 15 is 0 Å². The molecule has 172 valence electrons. The van der Waals surface area contributed by atoms with E-state index in [-0.39, 0.29) is 34.5 Å². The smallest absolute Gasteiger partial charge is 0.422 e. The molecular formula is C23H17FN4O6. The van der Waals surface area contributed by atoms with Crippen molar-refractivity contribution >= 4 is 18.0 Å². The Morgan fingerprint density at radius 3 is 2.44 bits per heavy atom. The van der Waals surface area contributed by atoms with Crippen molar-refractivity contribution in [2.24, 2.45) is 0 Å². The van der Waals surface area contributed by atoms with Gasteiger partial charge >= 0.3 is 12.2 Å². The summed E-state index contributed by atoms with van der Waals surface area (Å²) in [5, 5.41) is 22.5. The SMILES string of the molecule is O=C(O)N(C(=O)O)c1ncccc1-c1cc(Cc2ccc(COc3cccc(F)n3)cc2)no1. The van der Waals surface area contributed by atoms with Crippen molar-refractivity contribution in [2.45, 2.75) is 13.0 Å². The van der Waals surface area contributed by atoms with Crippen LogP contribution in [0.15, 0.2) is 71.4 Å². The molecule has 4 rings (SSSR count). The number of anilines is 1. The molecule has 0 radical (unpaired) electrons. The van der Waals surface area contributed by atoms with Gasteiger partial charge < -0.3 is 19.5 Å². The molecule has 0 aliphatic carbocycles. The van der Waals surface area contributed by atoms with Gasteiger partial charge in [0.1, 0.15) is 6.61 Å². The molecular weight excluding hydrogens is 447 g/mol. The van der Waals surface area contributed by atoms with Gasteiger partial charge in [-0.15, -0.1) is 0 Å². The highest BCUT2D eigenvalue weighted by atomic mass is 19.1. The fourth-order valence-corrected chi connectivity index (χ4v) is 3.14. The first-order valence-electron chi connectivity index (χ1n) is 9.91. The first-order valence-corrected chi connectivity index (χ1v) is 9.91. The predicted molar refractivity (Wildman–Crippen MR) is 116 cm³/mol. The molecule has 3 heterocycles. The van der Waals surface area contributed by atoms with Gasteiger partial charge in [-0.3, -0.25) is 0 Å². The third kappa shape index (κ3) is 5.15. The lowest BCUT2D eigenvalue weighted by atomic mass is 10.1. The Morgan fingerprint density at radius 2 is 1.74 bits per heavy atom. The van der Waals surface area contributed by atoms with Crippen molar-refractivity contribution in [1.82, 2.24) is 15.1 Å². The van der Waals surface area contributed by atoms with E-state index in [9.17, 15) is 24.2 Å². The summed E-state index contributed by atoms with van der Waals surface area (Å²) in [5.41, 5.74) is 2.49. The molecule has 0 atom stereocenters. The number of aromatic nitrogens is 3. The minimum absolute atomic E-state index is 0.109. The van der Waals surface area contributed by atoms with Crippen LogP contribution in [0.3, 0.4) is 0 Å². The summed E-state index contributed by atoms with van der Waals surface area (Å²) in [6, 6.07) is 16.4. The Labute approximate surface area is 191 Å². The van der Waals surface area contributed by atoms with Crippen molar-refractivity contribution in [3.63, 3.8) is 0 Å². The number of carbonyl (C=O) groups is 2. The lowest BCUT2D eigenvalue weighted by Gasteiger charge is -2.14. The van der Waals surface area contributed by atoms with Crippen LogP contribution in [0, 0.1) is 5.95 Å². The summed E-state index contributed by atoms with van der Waals surface area (Å²) >= 11 is 0. The first-order chi connectivity index (χ1) is 16.4. The molecule has 4 aromatic rings. The second-order valence-corrected chi connectivity index (χ2v) is 7.04. The highest BCUT2D eigenvalue weighted by Crippen LogP contribution is 2.30. The van der Waals surface area contributed by atoms with Gasteiger partial charge in [0.2, 0.25) is 11.8 Å². The Kier molecular flexibility index (Phi) is 6.44. The average molecular weight is 464 g/mol. The molecule has 0 aliphatic rings. The first kappa shape index (κ1) is 22.4. The summed E-state index contributed by atoms with van der Waals surface area (Å²) in [6.07, 6.45) is -1.69. The van der Waals surface area contributed by atoms with Crippen LogP contribution < -0.4 is 9.64 Å². The third-order valence-corrected chi connectivity index (χ3v) is 4.69. The molecule has 2 amide bonds. The molecule has 0 saturated carbocycles. The summed E-state index contributed by atoms with van der Waals surface area (Å²) < 4.78 is 23.9. The molecule has 3 aromatic heterocycles. The molecule has 0 spiro atoms. The van der Waals surface area contributed by atoms with E-state index in [0.29, 0.717) is 12.1 Å². The number of carboxylic acid groups (broad SMARTS) is 2. The van der Waals surface area contributed by atoms with Gasteiger partial charge in [0.25, 0.3) is 0 Å². The summed E-state index contributed by atoms with van der Waals surface area (Å²) in [7, 11) is 0. The highest BCUT2D eigenvalue weighted by Gasteiger charge is 2.27. The average Bonchev–Trinajstić information content (AvgIpc) is 3.27. The topological polar surface area (TPSA) is 139 Å². The van der Waals surface area contributed by atoms with E-state index in [1.165, 1.54) is 30.5 Å². The normalized spacial score (nSPS) is 10.6. The van der Waals surface area contributed by atoms with E-state index < -0.39 is 18.1 Å². The van der Waals surface area contributed by atoms with Crippen LogP contribution in [0.25, 0.3) is 11.3 Å². The van der Waals surface area contributed by atoms with Gasteiger partial charge in [0, 0.05) is 24.8 Å². The van der Waals surface area contributed by atoms with Crippen molar-refractivity contribution < 1.29 is 33.5 Å². The maximum absolute atomic E-state index is 13.1. The van der Waals surface area contributed by atoms with Gasteiger partial charge in [-0.2, -0.15) is 14.3 Å². The quantitative estimate of drug-likeness (QED) is 0.376. The van der Waals surface area contributed by atoms with Gasteiger partial charge in [0.15, 0.2) is 11.6 Å². The van der Waals surface area contributed by atoms with E-state index in [1.807, 2.05) is 24.3 Å². The molecule has 0 bridgehead atoms. The molecule has 0 aliphatic heterocycles. The van der Waals surface area contributed by atoms with Crippen molar-refractivity contribution in [3.05, 3.63) is 89.6 Å². The number of ether oxygens (including phenoxy) is 1. The Bertz CT molecular complexity index is 1310. The van der Waals surface area contributed by atoms with Gasteiger partial charge in [-0.25, -0.2) is 14.6 Å². The van der Waals surface area contributed by atoms with Crippen LogP contribution in [0.2, 0.25) is 0 Å². The van der Waals surface area contributed by atoms with Gasteiger partial charge in [-0.05, 0) is 29.3 Å². The number of hydrogen-bond donors (Lipinski definition) is 2. The van der Waals surface area contributed by atoms with Crippen LogP contribution in [-0.2, 0) is 13.0 Å². The van der Waals surface area contributed by atoms with Gasteiger partial charge in [0.05, 0.1) is 11.3 Å². The zero-order valence-corrected chi connectivity index (χ0v) is 17.5. The molecule has 0 unspecified atom stereocenters. The third-order valence-electron chi connectivity index (χ3n) is 4.69. The fourth-order valence-electron chi connectivity index (χ4n) is 3.14. The zero-order valence-electron chi connectivity index (χ0n) is 17.5. The highest BCUT2D eigenvalue weighted by molar-refractivity contribution is 6.09. The van der Waals surface area contributed by atoms with Crippen molar-refractivity contribution in [3.8, 4) is 17.2 Å². The number of amides is 2. The van der Waals surface area contributed by atoms with Crippen molar-refractivity contribution in [1.29, 1.82) is 0 Å². The fraction of sp³-hybridized carbons (Fsp3) is 0.0870.